The molecule has 1 atom stereocenters. The van der Waals surface area contributed by atoms with Crippen LogP contribution in [-0.4, -0.2) is 41.0 Å². The van der Waals surface area contributed by atoms with Crippen LogP contribution in [0.2, 0.25) is 0 Å². The maximum Gasteiger partial charge on any atom is 0.179 e. The number of halogens is 1. The number of hydrogen-bond acceptors (Lipinski definition) is 3. The predicted molar refractivity (Wildman–Crippen MR) is 81.0 cm³/mol. The van der Waals surface area contributed by atoms with Gasteiger partial charge in [0.2, 0.25) is 0 Å². The summed E-state index contributed by atoms with van der Waals surface area (Å²) in [6, 6.07) is 5.49. The Morgan fingerprint density at radius 2 is 1.62 bits per heavy atom. The molecule has 1 unspecified atom stereocenters. The third-order valence-electron chi connectivity index (χ3n) is 3.78. The van der Waals surface area contributed by atoms with Crippen molar-refractivity contribution in [2.75, 3.05) is 13.1 Å². The highest BCUT2D eigenvalue weighted by atomic mass is 19.1. The van der Waals surface area contributed by atoms with Crippen molar-refractivity contribution in [2.24, 2.45) is 0 Å². The highest BCUT2D eigenvalue weighted by molar-refractivity contribution is 5.99. The van der Waals surface area contributed by atoms with Gasteiger partial charge in [0.25, 0.3) is 0 Å². The summed E-state index contributed by atoms with van der Waals surface area (Å²) >= 11 is 0. The van der Waals surface area contributed by atoms with Crippen LogP contribution in [0.4, 0.5) is 4.39 Å². The van der Waals surface area contributed by atoms with Gasteiger partial charge in [0.15, 0.2) is 5.78 Å². The smallest absolute Gasteiger partial charge is 0.179 e. The largest absolute Gasteiger partial charge is 0.367 e. The van der Waals surface area contributed by atoms with E-state index in [1.807, 2.05) is 34.6 Å². The molecule has 3 nitrogen and oxygen atoms in total. The molecular formula is C17H24FNO2. The standard InChI is InChI=1S/C17H24FNO2/c1-12(15(20)13-6-8-14(18)9-7-13)19-10-16(2,3)21-17(4,5)11-19/h6-9,12H,10-11H2,1-5H3. The second-order valence-corrected chi connectivity index (χ2v) is 7.07. The van der Waals surface area contributed by atoms with Crippen LogP contribution in [0.1, 0.15) is 45.0 Å². The van der Waals surface area contributed by atoms with E-state index < -0.39 is 0 Å². The van der Waals surface area contributed by atoms with Crippen molar-refractivity contribution in [1.29, 1.82) is 0 Å². The lowest BCUT2D eigenvalue weighted by atomic mass is 9.95. The molecule has 2 rings (SSSR count). The highest BCUT2D eigenvalue weighted by Gasteiger charge is 2.41. The second kappa shape index (κ2) is 5.50. The van der Waals surface area contributed by atoms with Crippen molar-refractivity contribution in [3.8, 4) is 0 Å². The number of Topliss-reactive ketones (excluding diaryl/α,β-unsaturated/α-hetero) is 1. The fourth-order valence-corrected chi connectivity index (χ4v) is 3.14. The Balaban J connectivity index is 2.17. The molecule has 0 bridgehead atoms. The summed E-state index contributed by atoms with van der Waals surface area (Å²) in [6.45, 7) is 11.5. The van der Waals surface area contributed by atoms with Gasteiger partial charge in [-0.3, -0.25) is 9.69 Å². The maximum atomic E-state index is 13.0. The molecule has 1 aliphatic heterocycles. The molecule has 0 radical (unpaired) electrons. The second-order valence-electron chi connectivity index (χ2n) is 7.07. The summed E-state index contributed by atoms with van der Waals surface area (Å²) in [4.78, 5) is 14.7. The van der Waals surface area contributed by atoms with E-state index in [2.05, 4.69) is 4.90 Å². The minimum Gasteiger partial charge on any atom is -0.367 e. The molecule has 1 aliphatic rings. The number of carbonyl (C=O) groups is 1. The molecule has 0 spiro atoms. The van der Waals surface area contributed by atoms with E-state index >= 15 is 0 Å². The number of rotatable bonds is 3. The molecule has 1 fully saturated rings. The molecule has 1 aromatic carbocycles. The first kappa shape index (κ1) is 16.1. The van der Waals surface area contributed by atoms with E-state index in [-0.39, 0.29) is 28.8 Å². The Morgan fingerprint density at radius 1 is 1.14 bits per heavy atom. The molecule has 1 aromatic rings. The molecule has 1 saturated heterocycles. The van der Waals surface area contributed by atoms with Crippen LogP contribution in [0.3, 0.4) is 0 Å². The van der Waals surface area contributed by atoms with Gasteiger partial charge in [0.05, 0.1) is 17.2 Å². The van der Waals surface area contributed by atoms with E-state index in [4.69, 9.17) is 4.74 Å². The number of ether oxygens (including phenoxy) is 1. The average Bonchev–Trinajstić information content (AvgIpc) is 2.34. The van der Waals surface area contributed by atoms with Crippen LogP contribution in [0, 0.1) is 5.82 Å². The SMILES string of the molecule is CC(C(=O)c1ccc(F)cc1)N1CC(C)(C)OC(C)(C)C1. The van der Waals surface area contributed by atoms with Crippen LogP contribution in [-0.2, 0) is 4.74 Å². The third kappa shape index (κ3) is 3.89. The van der Waals surface area contributed by atoms with E-state index in [0.29, 0.717) is 18.7 Å². The number of benzene rings is 1. The number of ketones is 1. The zero-order valence-electron chi connectivity index (χ0n) is 13.4. The summed E-state index contributed by atoms with van der Waals surface area (Å²) in [7, 11) is 0. The Labute approximate surface area is 126 Å². The van der Waals surface area contributed by atoms with Gasteiger partial charge in [-0.15, -0.1) is 0 Å². The normalized spacial score (nSPS) is 22.8. The van der Waals surface area contributed by atoms with E-state index in [1.165, 1.54) is 12.1 Å². The monoisotopic (exact) mass is 293 g/mol. The van der Waals surface area contributed by atoms with E-state index in [1.54, 1.807) is 12.1 Å². The summed E-state index contributed by atoms with van der Waals surface area (Å²) < 4.78 is 19.0. The zero-order chi connectivity index (χ0) is 15.8. The molecular weight excluding hydrogens is 269 g/mol. The third-order valence-corrected chi connectivity index (χ3v) is 3.78. The van der Waals surface area contributed by atoms with Crippen LogP contribution >= 0.6 is 0 Å². The Hall–Kier alpha value is -1.26. The lowest BCUT2D eigenvalue weighted by Gasteiger charge is -2.48. The van der Waals surface area contributed by atoms with Crippen molar-refractivity contribution in [3.63, 3.8) is 0 Å². The fourth-order valence-electron chi connectivity index (χ4n) is 3.14. The summed E-state index contributed by atoms with van der Waals surface area (Å²) in [5.41, 5.74) is -0.0379. The number of carbonyl (C=O) groups excluding carboxylic acids is 1. The molecule has 0 aromatic heterocycles. The van der Waals surface area contributed by atoms with E-state index in [0.717, 1.165) is 0 Å². The van der Waals surface area contributed by atoms with Crippen LogP contribution < -0.4 is 0 Å². The average molecular weight is 293 g/mol. The molecule has 1 heterocycles. The summed E-state index contributed by atoms with van der Waals surface area (Å²) in [5.74, 6) is -0.309. The van der Waals surface area contributed by atoms with Crippen molar-refractivity contribution < 1.29 is 13.9 Å². The van der Waals surface area contributed by atoms with Crippen molar-refractivity contribution in [3.05, 3.63) is 35.6 Å². The molecule has 0 amide bonds. The maximum absolute atomic E-state index is 13.0. The minimum absolute atomic E-state index is 0.0171. The minimum atomic E-state index is -0.326. The number of morpholine rings is 1. The van der Waals surface area contributed by atoms with Crippen LogP contribution in [0.25, 0.3) is 0 Å². The lowest BCUT2D eigenvalue weighted by Crippen LogP contribution is -2.60. The zero-order valence-corrected chi connectivity index (χ0v) is 13.4. The Morgan fingerprint density at radius 3 is 2.10 bits per heavy atom. The molecule has 0 aliphatic carbocycles. The van der Waals surface area contributed by atoms with Crippen molar-refractivity contribution >= 4 is 5.78 Å². The molecule has 0 saturated carbocycles. The number of hydrogen-bond donors (Lipinski definition) is 0. The summed E-state index contributed by atoms with van der Waals surface area (Å²) in [6.07, 6.45) is 0. The van der Waals surface area contributed by atoms with Gasteiger partial charge in [-0.05, 0) is 58.9 Å². The predicted octanol–water partition coefficient (Wildman–Crippen LogP) is 3.29. The van der Waals surface area contributed by atoms with Crippen molar-refractivity contribution in [2.45, 2.75) is 51.9 Å². The lowest BCUT2D eigenvalue weighted by molar-refractivity contribution is -0.183. The first-order chi connectivity index (χ1) is 9.60. The van der Waals surface area contributed by atoms with Crippen LogP contribution in [0.15, 0.2) is 24.3 Å². The molecule has 0 N–H and O–H groups in total. The number of nitrogens with zero attached hydrogens (tertiary/aromatic N) is 1. The van der Waals surface area contributed by atoms with Gasteiger partial charge >= 0.3 is 0 Å². The van der Waals surface area contributed by atoms with E-state index in [9.17, 15) is 9.18 Å². The van der Waals surface area contributed by atoms with Gasteiger partial charge in [0, 0.05) is 18.7 Å². The topological polar surface area (TPSA) is 29.5 Å². The van der Waals surface area contributed by atoms with Gasteiger partial charge in [-0.2, -0.15) is 0 Å². The highest BCUT2D eigenvalue weighted by Crippen LogP contribution is 2.29. The quantitative estimate of drug-likeness (QED) is 0.801. The van der Waals surface area contributed by atoms with Gasteiger partial charge in [0.1, 0.15) is 5.82 Å². The first-order valence-corrected chi connectivity index (χ1v) is 7.34. The molecule has 4 heteroatoms. The van der Waals surface area contributed by atoms with Gasteiger partial charge < -0.3 is 4.74 Å². The van der Waals surface area contributed by atoms with Crippen molar-refractivity contribution in [1.82, 2.24) is 4.90 Å². The van der Waals surface area contributed by atoms with Gasteiger partial charge in [-0.1, -0.05) is 0 Å². The molecule has 116 valence electrons. The Bertz CT molecular complexity index is 506. The van der Waals surface area contributed by atoms with Crippen LogP contribution in [0.5, 0.6) is 0 Å². The first-order valence-electron chi connectivity index (χ1n) is 7.34. The summed E-state index contributed by atoms with van der Waals surface area (Å²) in [5, 5.41) is 0. The molecule has 21 heavy (non-hydrogen) atoms. The van der Waals surface area contributed by atoms with Gasteiger partial charge in [-0.25, -0.2) is 4.39 Å². The fraction of sp³-hybridized carbons (Fsp3) is 0.588. The Kier molecular flexibility index (Phi) is 4.22.